The number of hydrogen-bond donors (Lipinski definition) is 2. The lowest BCUT2D eigenvalue weighted by atomic mass is 9.96. The fourth-order valence-corrected chi connectivity index (χ4v) is 4.72. The van der Waals surface area contributed by atoms with Crippen molar-refractivity contribution in [2.45, 2.75) is 110 Å². The minimum atomic E-state index is -0.196. The van der Waals surface area contributed by atoms with E-state index in [4.69, 9.17) is 4.74 Å². The van der Waals surface area contributed by atoms with Crippen LogP contribution in [0.2, 0.25) is 0 Å². The molecule has 0 radical (unpaired) electrons. The summed E-state index contributed by atoms with van der Waals surface area (Å²) in [5.41, 5.74) is 1.98. The van der Waals surface area contributed by atoms with Gasteiger partial charge in [0.1, 0.15) is 5.75 Å². The van der Waals surface area contributed by atoms with Crippen LogP contribution < -0.4 is 4.74 Å². The Morgan fingerprint density at radius 3 is 1.85 bits per heavy atom. The summed E-state index contributed by atoms with van der Waals surface area (Å²) in [5.74, 6) is 0.360. The van der Waals surface area contributed by atoms with Crippen LogP contribution in [0.15, 0.2) is 30.3 Å². The molecule has 2 rings (SSSR count). The molecule has 0 amide bonds. The van der Waals surface area contributed by atoms with E-state index in [1.165, 1.54) is 70.6 Å². The van der Waals surface area contributed by atoms with Crippen molar-refractivity contribution in [2.24, 2.45) is 0 Å². The molecule has 0 aliphatic carbocycles. The zero-order valence-corrected chi connectivity index (χ0v) is 21.3. The van der Waals surface area contributed by atoms with Gasteiger partial charge < -0.3 is 14.9 Å². The Bertz CT molecular complexity index is 830. The number of ether oxygens (including phenoxy) is 1. The molecule has 0 saturated heterocycles. The normalized spacial score (nSPS) is 11.3. The van der Waals surface area contributed by atoms with Gasteiger partial charge in [-0.15, -0.1) is 0 Å². The summed E-state index contributed by atoms with van der Waals surface area (Å²) >= 11 is 0. The van der Waals surface area contributed by atoms with Crippen molar-refractivity contribution < 1.29 is 19.7 Å². The van der Waals surface area contributed by atoms with Crippen molar-refractivity contribution >= 4 is 16.7 Å². The molecule has 0 bridgehead atoms. The van der Waals surface area contributed by atoms with Crippen molar-refractivity contribution in [3.63, 3.8) is 0 Å². The Kier molecular flexibility index (Phi) is 14.6. The number of hydrogen-bond acceptors (Lipinski definition) is 4. The van der Waals surface area contributed by atoms with Crippen LogP contribution in [0.3, 0.4) is 0 Å². The third-order valence-electron chi connectivity index (χ3n) is 6.65. The van der Waals surface area contributed by atoms with Gasteiger partial charge in [-0.1, -0.05) is 108 Å². The van der Waals surface area contributed by atoms with Crippen molar-refractivity contribution in [1.82, 2.24) is 0 Å². The molecule has 2 aromatic carbocycles. The minimum absolute atomic E-state index is 0.0374. The summed E-state index contributed by atoms with van der Waals surface area (Å²) in [6.45, 7) is 2.37. The van der Waals surface area contributed by atoms with Crippen LogP contribution in [0, 0.1) is 0 Å². The van der Waals surface area contributed by atoms with Gasteiger partial charge in [0.15, 0.2) is 0 Å². The molecule has 0 aromatic heterocycles. The molecule has 0 saturated carbocycles. The molecule has 0 fully saturated rings. The average Bonchev–Trinajstić information content (AvgIpc) is 2.84. The van der Waals surface area contributed by atoms with E-state index in [1.54, 1.807) is 0 Å². The van der Waals surface area contributed by atoms with Gasteiger partial charge in [0.2, 0.25) is 0 Å². The van der Waals surface area contributed by atoms with E-state index < -0.39 is 0 Å². The van der Waals surface area contributed by atoms with Crippen LogP contribution in [-0.2, 0) is 17.6 Å². The van der Waals surface area contributed by atoms with Crippen LogP contribution in [-0.4, -0.2) is 29.4 Å². The Morgan fingerprint density at radius 1 is 0.706 bits per heavy atom. The second-order valence-electron chi connectivity index (χ2n) is 9.48. The highest BCUT2D eigenvalue weighted by Gasteiger charge is 2.14. The Balaban J connectivity index is 1.71. The lowest BCUT2D eigenvalue weighted by Gasteiger charge is -2.14. The van der Waals surface area contributed by atoms with Crippen molar-refractivity contribution in [1.29, 1.82) is 0 Å². The number of esters is 1. The summed E-state index contributed by atoms with van der Waals surface area (Å²) in [6, 6.07) is 9.66. The van der Waals surface area contributed by atoms with E-state index >= 15 is 0 Å². The van der Waals surface area contributed by atoms with E-state index in [9.17, 15) is 15.0 Å². The summed E-state index contributed by atoms with van der Waals surface area (Å²) in [4.78, 5) is 12.5. The molecule has 0 unspecified atom stereocenters. The lowest BCUT2D eigenvalue weighted by molar-refractivity contribution is -0.134. The van der Waals surface area contributed by atoms with E-state index in [2.05, 4.69) is 6.92 Å². The molecule has 0 spiro atoms. The molecule has 0 aliphatic heterocycles. The fourth-order valence-electron chi connectivity index (χ4n) is 4.72. The van der Waals surface area contributed by atoms with Crippen LogP contribution in [0.25, 0.3) is 10.8 Å². The first-order chi connectivity index (χ1) is 16.7. The van der Waals surface area contributed by atoms with Gasteiger partial charge in [0.25, 0.3) is 0 Å². The number of carbonyl (C=O) groups is 1. The lowest BCUT2D eigenvalue weighted by Crippen LogP contribution is -2.09. The molecule has 4 heteroatoms. The quantitative estimate of drug-likeness (QED) is 0.128. The molecule has 0 atom stereocenters. The van der Waals surface area contributed by atoms with Crippen LogP contribution in [0.1, 0.15) is 108 Å². The van der Waals surface area contributed by atoms with Crippen molar-refractivity contribution in [3.8, 4) is 5.75 Å². The molecule has 0 aliphatic rings. The van der Waals surface area contributed by atoms with E-state index in [0.29, 0.717) is 25.0 Å². The third-order valence-corrected chi connectivity index (χ3v) is 6.65. The average molecular weight is 471 g/mol. The third kappa shape index (κ3) is 10.1. The highest BCUT2D eigenvalue weighted by atomic mass is 16.5. The van der Waals surface area contributed by atoms with Crippen LogP contribution >= 0.6 is 0 Å². The predicted octanol–water partition coefficient (Wildman–Crippen LogP) is 7.30. The zero-order chi connectivity index (χ0) is 24.4. The minimum Gasteiger partial charge on any atom is -0.426 e. The molecule has 2 aromatic rings. The highest BCUT2D eigenvalue weighted by molar-refractivity contribution is 5.95. The molecular weight excluding hydrogens is 424 g/mol. The van der Waals surface area contributed by atoms with Gasteiger partial charge in [0.05, 0.1) is 0 Å². The Morgan fingerprint density at radius 2 is 1.26 bits per heavy atom. The predicted molar refractivity (Wildman–Crippen MR) is 141 cm³/mol. The van der Waals surface area contributed by atoms with E-state index in [-0.39, 0.29) is 19.2 Å². The number of aliphatic hydroxyl groups excluding tert-OH is 2. The number of carbonyl (C=O) groups excluding carboxylic acids is 1. The smallest absolute Gasteiger partial charge is 0.311 e. The molecule has 0 heterocycles. The SMILES string of the molecule is CCCCCCCCCCCCCCCC(=O)Oc1ccc(CCO)c2cccc(CCO)c12. The first-order valence-electron chi connectivity index (χ1n) is 13.7. The standard InChI is InChI=1S/C30H46O4/c1-2-3-4-5-6-7-8-9-10-11-12-13-14-18-29(33)34-28-20-19-25(21-23-31)27-17-15-16-26(22-24-32)30(27)28/h15-17,19-20,31-32H,2-14,18,21-24H2,1H3. The van der Waals surface area contributed by atoms with Gasteiger partial charge in [-0.2, -0.15) is 0 Å². The maximum atomic E-state index is 12.5. The second-order valence-corrected chi connectivity index (χ2v) is 9.48. The summed E-state index contributed by atoms with van der Waals surface area (Å²) in [7, 11) is 0. The number of fused-ring (bicyclic) bond motifs is 1. The number of aliphatic hydroxyl groups is 2. The fraction of sp³-hybridized carbons (Fsp3) is 0.633. The maximum absolute atomic E-state index is 12.5. The number of benzene rings is 2. The van der Waals surface area contributed by atoms with Gasteiger partial charge in [0, 0.05) is 25.0 Å². The number of rotatable bonds is 19. The second kappa shape index (κ2) is 17.5. The topological polar surface area (TPSA) is 66.8 Å². The van der Waals surface area contributed by atoms with Gasteiger partial charge in [-0.25, -0.2) is 0 Å². The molecule has 190 valence electrons. The van der Waals surface area contributed by atoms with Crippen molar-refractivity contribution in [3.05, 3.63) is 41.5 Å². The van der Waals surface area contributed by atoms with E-state index in [0.717, 1.165) is 34.7 Å². The van der Waals surface area contributed by atoms with Crippen molar-refractivity contribution in [2.75, 3.05) is 13.2 Å². The van der Waals surface area contributed by atoms with Gasteiger partial charge in [-0.3, -0.25) is 4.79 Å². The van der Waals surface area contributed by atoms with Crippen LogP contribution in [0.4, 0.5) is 0 Å². The number of unbranched alkanes of at least 4 members (excludes halogenated alkanes) is 12. The largest absolute Gasteiger partial charge is 0.426 e. The van der Waals surface area contributed by atoms with Crippen LogP contribution in [0.5, 0.6) is 5.75 Å². The van der Waals surface area contributed by atoms with Gasteiger partial charge >= 0.3 is 5.97 Å². The highest BCUT2D eigenvalue weighted by Crippen LogP contribution is 2.33. The maximum Gasteiger partial charge on any atom is 0.311 e. The Labute approximate surface area is 206 Å². The molecule has 34 heavy (non-hydrogen) atoms. The van der Waals surface area contributed by atoms with Gasteiger partial charge in [-0.05, 0) is 41.8 Å². The van der Waals surface area contributed by atoms with E-state index in [1.807, 2.05) is 30.3 Å². The summed E-state index contributed by atoms with van der Waals surface area (Å²) < 4.78 is 5.77. The first-order valence-corrected chi connectivity index (χ1v) is 13.7. The molecule has 4 nitrogen and oxygen atoms in total. The zero-order valence-electron chi connectivity index (χ0n) is 21.3. The monoisotopic (exact) mass is 470 g/mol. The summed E-state index contributed by atoms with van der Waals surface area (Å²) in [5, 5.41) is 20.7. The summed E-state index contributed by atoms with van der Waals surface area (Å²) in [6.07, 6.45) is 18.1. The first kappa shape index (κ1) is 28.3. The molecule has 2 N–H and O–H groups in total. The molecular formula is C30H46O4. The Hall–Kier alpha value is -1.91.